The first-order valence-corrected chi connectivity index (χ1v) is 5.58. The third-order valence-electron chi connectivity index (χ3n) is 2.18. The molecule has 0 bridgehead atoms. The minimum Gasteiger partial charge on any atom is -0.450 e. The highest BCUT2D eigenvalue weighted by molar-refractivity contribution is 5.76. The largest absolute Gasteiger partial charge is 0.450 e. The number of esters is 1. The lowest BCUT2D eigenvalue weighted by Gasteiger charge is -2.03. The molecule has 0 spiro atoms. The summed E-state index contributed by atoms with van der Waals surface area (Å²) in [5.41, 5.74) is 0. The molecule has 1 aromatic heterocycles. The Kier molecular flexibility index (Phi) is 3.61. The molecule has 0 radical (unpaired) electrons. The maximum atomic E-state index is 11.3. The molecule has 19 heavy (non-hydrogen) atoms. The van der Waals surface area contributed by atoms with Gasteiger partial charge >= 0.3 is 5.97 Å². The van der Waals surface area contributed by atoms with Gasteiger partial charge in [-0.25, -0.2) is 4.68 Å². The summed E-state index contributed by atoms with van der Waals surface area (Å²) >= 11 is 0. The van der Waals surface area contributed by atoms with Gasteiger partial charge in [-0.1, -0.05) is 18.2 Å². The molecule has 98 valence electrons. The third-order valence-corrected chi connectivity index (χ3v) is 2.18. The van der Waals surface area contributed by atoms with Crippen LogP contribution in [0.15, 0.2) is 36.5 Å². The van der Waals surface area contributed by atoms with Crippen LogP contribution in [0.1, 0.15) is 18.6 Å². The normalized spacial score (nSPS) is 10.0. The van der Waals surface area contributed by atoms with Crippen molar-refractivity contribution in [1.29, 1.82) is 0 Å². The van der Waals surface area contributed by atoms with Crippen molar-refractivity contribution >= 4 is 11.9 Å². The Morgan fingerprint density at radius 1 is 1.16 bits per heavy atom. The van der Waals surface area contributed by atoms with Crippen LogP contribution in [0, 0.1) is 0 Å². The van der Waals surface area contributed by atoms with E-state index in [0.717, 1.165) is 4.68 Å². The van der Waals surface area contributed by atoms with Crippen molar-refractivity contribution in [2.24, 2.45) is 0 Å². The van der Waals surface area contributed by atoms with Crippen molar-refractivity contribution in [3.8, 4) is 17.4 Å². The molecule has 1 heterocycles. The third kappa shape index (κ3) is 3.19. The van der Waals surface area contributed by atoms with Gasteiger partial charge in [0.1, 0.15) is 5.75 Å². The van der Waals surface area contributed by atoms with E-state index < -0.39 is 5.97 Å². The van der Waals surface area contributed by atoms with Crippen molar-refractivity contribution in [3.05, 3.63) is 36.5 Å². The van der Waals surface area contributed by atoms with Gasteiger partial charge in [0.15, 0.2) is 0 Å². The monoisotopic (exact) mass is 260 g/mol. The number of ether oxygens (including phenoxy) is 2. The van der Waals surface area contributed by atoms with E-state index in [0.29, 0.717) is 5.75 Å². The average Bonchev–Trinajstić information content (AvgIpc) is 2.73. The smallest absolute Gasteiger partial charge is 0.309 e. The Morgan fingerprint density at radius 3 is 2.42 bits per heavy atom. The molecule has 0 unspecified atom stereocenters. The fraction of sp³-hybridized carbons (Fsp3) is 0.154. The van der Waals surface area contributed by atoms with Crippen molar-refractivity contribution < 1.29 is 19.1 Å². The Balaban J connectivity index is 2.31. The zero-order chi connectivity index (χ0) is 13.8. The lowest BCUT2D eigenvalue weighted by molar-refractivity contribution is -0.132. The molecular formula is C13H12N2O4. The van der Waals surface area contributed by atoms with E-state index in [9.17, 15) is 9.59 Å². The Hall–Kier alpha value is -2.63. The van der Waals surface area contributed by atoms with Crippen LogP contribution in [0.4, 0.5) is 0 Å². The molecule has 1 aromatic carbocycles. The lowest BCUT2D eigenvalue weighted by atomic mass is 10.3. The van der Waals surface area contributed by atoms with E-state index in [-0.39, 0.29) is 17.5 Å². The van der Waals surface area contributed by atoms with E-state index in [1.54, 1.807) is 24.3 Å². The molecule has 0 aliphatic heterocycles. The molecule has 0 amide bonds. The van der Waals surface area contributed by atoms with Gasteiger partial charge in [-0.15, -0.1) is 5.10 Å². The fourth-order valence-electron chi connectivity index (χ4n) is 1.40. The van der Waals surface area contributed by atoms with Crippen LogP contribution in [0.25, 0.3) is 0 Å². The number of carbonyl (C=O) groups is 2. The van der Waals surface area contributed by atoms with E-state index in [1.807, 2.05) is 6.07 Å². The number of hydrogen-bond acceptors (Lipinski definition) is 5. The van der Waals surface area contributed by atoms with Crippen molar-refractivity contribution in [2.45, 2.75) is 13.8 Å². The van der Waals surface area contributed by atoms with Crippen molar-refractivity contribution in [3.63, 3.8) is 0 Å². The maximum absolute atomic E-state index is 11.3. The van der Waals surface area contributed by atoms with Crippen LogP contribution in [-0.2, 0) is 4.79 Å². The molecular weight excluding hydrogens is 248 g/mol. The first-order chi connectivity index (χ1) is 9.06. The quantitative estimate of drug-likeness (QED) is 0.791. The second kappa shape index (κ2) is 5.34. The van der Waals surface area contributed by atoms with Crippen molar-refractivity contribution in [1.82, 2.24) is 9.78 Å². The number of benzene rings is 1. The van der Waals surface area contributed by atoms with Gasteiger partial charge in [-0.05, 0) is 12.1 Å². The summed E-state index contributed by atoms with van der Waals surface area (Å²) in [6.07, 6.45) is 1.37. The number of aromatic nitrogens is 2. The predicted octanol–water partition coefficient (Wildman–Crippen LogP) is 2.26. The topological polar surface area (TPSA) is 70.4 Å². The van der Waals surface area contributed by atoms with Gasteiger partial charge < -0.3 is 9.47 Å². The molecule has 6 heteroatoms. The van der Waals surface area contributed by atoms with Gasteiger partial charge in [0.05, 0.1) is 6.20 Å². The van der Waals surface area contributed by atoms with Gasteiger partial charge in [-0.3, -0.25) is 9.59 Å². The maximum Gasteiger partial charge on any atom is 0.309 e. The van der Waals surface area contributed by atoms with Gasteiger partial charge in [0.25, 0.3) is 5.88 Å². The average molecular weight is 260 g/mol. The summed E-state index contributed by atoms with van der Waals surface area (Å²) in [5, 5.41) is 3.85. The summed E-state index contributed by atoms with van der Waals surface area (Å²) in [5.74, 6) is -0.120. The summed E-state index contributed by atoms with van der Waals surface area (Å²) in [4.78, 5) is 22.2. The van der Waals surface area contributed by atoms with E-state index in [2.05, 4.69) is 5.10 Å². The molecule has 0 N–H and O–H groups in total. The second-order valence-electron chi connectivity index (χ2n) is 3.77. The molecule has 0 saturated heterocycles. The zero-order valence-electron chi connectivity index (χ0n) is 10.5. The summed E-state index contributed by atoms with van der Waals surface area (Å²) in [6.45, 7) is 2.59. The predicted molar refractivity (Wildman–Crippen MR) is 66.4 cm³/mol. The number of carbonyl (C=O) groups excluding carboxylic acids is 2. The summed E-state index contributed by atoms with van der Waals surface area (Å²) in [6, 6.07) is 8.93. The minimum absolute atomic E-state index is 0.0356. The standard InChI is InChI=1S/C13H12N2O4/c1-9(16)15-8-12(13(14-15)18-10(2)17)19-11-6-4-3-5-7-11/h3-8H,1-2H3. The molecule has 0 saturated carbocycles. The highest BCUT2D eigenvalue weighted by atomic mass is 16.6. The van der Waals surface area contributed by atoms with Gasteiger partial charge in [-0.2, -0.15) is 0 Å². The lowest BCUT2D eigenvalue weighted by Crippen LogP contribution is -2.07. The summed E-state index contributed by atoms with van der Waals surface area (Å²) in [7, 11) is 0. The number of nitrogens with zero attached hydrogens (tertiary/aromatic N) is 2. The second-order valence-corrected chi connectivity index (χ2v) is 3.77. The summed E-state index contributed by atoms with van der Waals surface area (Å²) < 4.78 is 11.5. The SMILES string of the molecule is CC(=O)Oc1nn(C(C)=O)cc1Oc1ccccc1. The van der Waals surface area contributed by atoms with Crippen LogP contribution < -0.4 is 9.47 Å². The number of rotatable bonds is 3. The van der Waals surface area contributed by atoms with Crippen LogP contribution in [-0.4, -0.2) is 21.7 Å². The van der Waals surface area contributed by atoms with Gasteiger partial charge in [0, 0.05) is 13.8 Å². The molecule has 2 aromatic rings. The Labute approximate surface area is 109 Å². The first-order valence-electron chi connectivity index (χ1n) is 5.58. The van der Waals surface area contributed by atoms with Gasteiger partial charge in [0.2, 0.25) is 11.7 Å². The Morgan fingerprint density at radius 2 is 1.84 bits per heavy atom. The highest BCUT2D eigenvalue weighted by Gasteiger charge is 2.16. The van der Waals surface area contributed by atoms with Crippen LogP contribution in [0.3, 0.4) is 0 Å². The highest BCUT2D eigenvalue weighted by Crippen LogP contribution is 2.30. The van der Waals surface area contributed by atoms with Crippen molar-refractivity contribution in [2.75, 3.05) is 0 Å². The molecule has 6 nitrogen and oxygen atoms in total. The molecule has 2 rings (SSSR count). The van der Waals surface area contributed by atoms with E-state index in [1.165, 1.54) is 20.0 Å². The minimum atomic E-state index is -0.535. The fourth-order valence-corrected chi connectivity index (χ4v) is 1.40. The van der Waals surface area contributed by atoms with Crippen LogP contribution in [0.2, 0.25) is 0 Å². The zero-order valence-corrected chi connectivity index (χ0v) is 10.5. The molecule has 0 aliphatic rings. The molecule has 0 aliphatic carbocycles. The van der Waals surface area contributed by atoms with E-state index >= 15 is 0 Å². The molecule has 0 atom stereocenters. The van der Waals surface area contributed by atoms with E-state index in [4.69, 9.17) is 9.47 Å². The van der Waals surface area contributed by atoms with Crippen LogP contribution in [0.5, 0.6) is 17.4 Å². The number of para-hydroxylation sites is 1. The number of hydrogen-bond donors (Lipinski definition) is 0. The first kappa shape index (κ1) is 12.8. The Bertz CT molecular complexity index is 604. The van der Waals surface area contributed by atoms with Crippen LogP contribution >= 0.6 is 0 Å². The molecule has 0 fully saturated rings.